The Balaban J connectivity index is 2.41. The largest absolute Gasteiger partial charge is 0.493 e. The minimum Gasteiger partial charge on any atom is -0.493 e. The van der Waals surface area contributed by atoms with Crippen molar-refractivity contribution in [3.63, 3.8) is 0 Å². The van der Waals surface area contributed by atoms with E-state index in [4.69, 9.17) is 15.6 Å². The fourth-order valence-electron chi connectivity index (χ4n) is 1.21. The molecule has 0 saturated carbocycles. The van der Waals surface area contributed by atoms with Crippen molar-refractivity contribution >= 4 is 0 Å². The normalized spacial score (nSPS) is 10.1. The summed E-state index contributed by atoms with van der Waals surface area (Å²) in [6.45, 7) is 1.36. The van der Waals surface area contributed by atoms with Gasteiger partial charge in [-0.1, -0.05) is 18.2 Å². The molecule has 3 nitrogen and oxygen atoms in total. The Morgan fingerprint density at radius 1 is 1.21 bits per heavy atom. The van der Waals surface area contributed by atoms with E-state index in [1.165, 1.54) is 0 Å². The zero-order valence-electron chi connectivity index (χ0n) is 8.28. The van der Waals surface area contributed by atoms with E-state index in [9.17, 15) is 0 Å². The predicted octanol–water partition coefficient (Wildman–Crippen LogP) is 1.30. The molecular weight excluding hydrogens is 178 g/mol. The minimum atomic E-state index is 0.224. The molecule has 0 unspecified atom stereocenters. The summed E-state index contributed by atoms with van der Waals surface area (Å²) in [5.41, 5.74) is 6.59. The third-order valence-electron chi connectivity index (χ3n) is 2.00. The summed E-state index contributed by atoms with van der Waals surface area (Å²) in [6, 6.07) is 7.76. The number of rotatable bonds is 6. The number of unbranched alkanes of at least 4 members (excludes halogenated alkanes) is 1. The van der Waals surface area contributed by atoms with E-state index >= 15 is 0 Å². The maximum Gasteiger partial charge on any atom is 0.123 e. The van der Waals surface area contributed by atoms with Gasteiger partial charge < -0.3 is 15.6 Å². The number of hydrogen-bond donors (Lipinski definition) is 2. The first-order valence-corrected chi connectivity index (χ1v) is 4.90. The number of nitrogens with two attached hydrogens (primary N) is 1. The van der Waals surface area contributed by atoms with E-state index in [1.54, 1.807) is 0 Å². The number of aliphatic hydroxyl groups is 1. The van der Waals surface area contributed by atoms with Crippen molar-refractivity contribution in [1.82, 2.24) is 0 Å². The average Bonchev–Trinajstić information content (AvgIpc) is 2.25. The van der Waals surface area contributed by atoms with Gasteiger partial charge in [-0.3, -0.25) is 0 Å². The van der Waals surface area contributed by atoms with Gasteiger partial charge in [-0.15, -0.1) is 0 Å². The number of para-hydroxylation sites is 1. The zero-order chi connectivity index (χ0) is 10.2. The lowest BCUT2D eigenvalue weighted by Crippen LogP contribution is -2.04. The van der Waals surface area contributed by atoms with Crippen molar-refractivity contribution < 1.29 is 9.84 Å². The van der Waals surface area contributed by atoms with Crippen LogP contribution in [0, 0.1) is 0 Å². The van der Waals surface area contributed by atoms with Crippen molar-refractivity contribution in [2.24, 2.45) is 5.73 Å². The van der Waals surface area contributed by atoms with Gasteiger partial charge in [0, 0.05) is 18.7 Å². The third kappa shape index (κ3) is 3.36. The Kier molecular flexibility index (Phi) is 5.04. The fourth-order valence-corrected chi connectivity index (χ4v) is 1.21. The lowest BCUT2D eigenvalue weighted by atomic mass is 10.2. The van der Waals surface area contributed by atoms with E-state index in [1.807, 2.05) is 24.3 Å². The van der Waals surface area contributed by atoms with Gasteiger partial charge in [-0.25, -0.2) is 0 Å². The van der Waals surface area contributed by atoms with Crippen molar-refractivity contribution in [1.29, 1.82) is 0 Å². The second kappa shape index (κ2) is 6.40. The molecule has 0 heterocycles. The fraction of sp³-hybridized carbons (Fsp3) is 0.455. The van der Waals surface area contributed by atoms with E-state index in [0.717, 1.165) is 24.2 Å². The van der Waals surface area contributed by atoms with Crippen molar-refractivity contribution in [3.05, 3.63) is 29.8 Å². The minimum absolute atomic E-state index is 0.224. The summed E-state index contributed by atoms with van der Waals surface area (Å²) in [6.07, 6.45) is 1.65. The molecule has 0 saturated heterocycles. The van der Waals surface area contributed by atoms with E-state index in [2.05, 4.69) is 0 Å². The molecule has 0 fully saturated rings. The van der Waals surface area contributed by atoms with Crippen LogP contribution in [0.2, 0.25) is 0 Å². The monoisotopic (exact) mass is 195 g/mol. The van der Waals surface area contributed by atoms with E-state index < -0.39 is 0 Å². The van der Waals surface area contributed by atoms with E-state index in [0.29, 0.717) is 13.2 Å². The van der Waals surface area contributed by atoms with Gasteiger partial charge in [0.1, 0.15) is 5.75 Å². The molecule has 0 aliphatic heterocycles. The van der Waals surface area contributed by atoms with Crippen LogP contribution in [-0.2, 0) is 6.54 Å². The molecule has 0 radical (unpaired) electrons. The summed E-state index contributed by atoms with van der Waals surface area (Å²) >= 11 is 0. The first-order valence-electron chi connectivity index (χ1n) is 4.90. The molecule has 0 aliphatic rings. The van der Waals surface area contributed by atoms with Gasteiger partial charge in [-0.05, 0) is 18.9 Å². The van der Waals surface area contributed by atoms with Crippen LogP contribution in [0.5, 0.6) is 5.75 Å². The Bertz CT molecular complexity index is 263. The highest BCUT2D eigenvalue weighted by atomic mass is 16.5. The molecule has 1 rings (SSSR count). The molecule has 0 bridgehead atoms. The molecule has 0 amide bonds. The zero-order valence-corrected chi connectivity index (χ0v) is 8.28. The molecule has 3 heteroatoms. The summed E-state index contributed by atoms with van der Waals surface area (Å²) in [5, 5.41) is 8.59. The van der Waals surface area contributed by atoms with Crippen LogP contribution in [0.25, 0.3) is 0 Å². The van der Waals surface area contributed by atoms with Crippen LogP contribution < -0.4 is 10.5 Å². The first kappa shape index (κ1) is 11.0. The molecule has 14 heavy (non-hydrogen) atoms. The SMILES string of the molecule is NCc1ccccc1OCCCCO. The van der Waals surface area contributed by atoms with Crippen molar-refractivity contribution in [2.75, 3.05) is 13.2 Å². The molecular formula is C11H17NO2. The van der Waals surface area contributed by atoms with Gasteiger partial charge in [-0.2, -0.15) is 0 Å². The standard InChI is InChI=1S/C11H17NO2/c12-9-10-5-1-2-6-11(10)14-8-4-3-7-13/h1-2,5-6,13H,3-4,7-9,12H2. The predicted molar refractivity (Wildman–Crippen MR) is 56.1 cm³/mol. The third-order valence-corrected chi connectivity index (χ3v) is 2.00. The maximum atomic E-state index is 8.59. The number of hydrogen-bond acceptors (Lipinski definition) is 3. The Labute approximate surface area is 84.5 Å². The summed E-state index contributed by atoms with van der Waals surface area (Å²) in [7, 11) is 0. The molecule has 0 aromatic heterocycles. The van der Waals surface area contributed by atoms with Crippen LogP contribution in [0.1, 0.15) is 18.4 Å². The van der Waals surface area contributed by atoms with Gasteiger partial charge in [0.15, 0.2) is 0 Å². The van der Waals surface area contributed by atoms with Crippen LogP contribution in [-0.4, -0.2) is 18.3 Å². The molecule has 1 aromatic rings. The van der Waals surface area contributed by atoms with Gasteiger partial charge in [0.05, 0.1) is 6.61 Å². The topological polar surface area (TPSA) is 55.5 Å². The van der Waals surface area contributed by atoms with Crippen molar-refractivity contribution in [2.45, 2.75) is 19.4 Å². The highest BCUT2D eigenvalue weighted by Crippen LogP contribution is 2.17. The lowest BCUT2D eigenvalue weighted by molar-refractivity contribution is 0.252. The molecule has 1 aromatic carbocycles. The average molecular weight is 195 g/mol. The van der Waals surface area contributed by atoms with Crippen LogP contribution >= 0.6 is 0 Å². The maximum absolute atomic E-state index is 8.59. The van der Waals surface area contributed by atoms with Gasteiger partial charge >= 0.3 is 0 Å². The van der Waals surface area contributed by atoms with E-state index in [-0.39, 0.29) is 6.61 Å². The van der Waals surface area contributed by atoms with Gasteiger partial charge in [0.2, 0.25) is 0 Å². The lowest BCUT2D eigenvalue weighted by Gasteiger charge is -2.09. The number of aliphatic hydroxyl groups excluding tert-OH is 1. The quantitative estimate of drug-likeness (QED) is 0.673. The van der Waals surface area contributed by atoms with Crippen LogP contribution in [0.3, 0.4) is 0 Å². The molecule has 0 spiro atoms. The van der Waals surface area contributed by atoms with Gasteiger partial charge in [0.25, 0.3) is 0 Å². The van der Waals surface area contributed by atoms with Crippen molar-refractivity contribution in [3.8, 4) is 5.75 Å². The second-order valence-electron chi connectivity index (χ2n) is 3.09. The summed E-state index contributed by atoms with van der Waals surface area (Å²) in [5.74, 6) is 0.855. The Morgan fingerprint density at radius 2 is 2.00 bits per heavy atom. The number of ether oxygens (including phenoxy) is 1. The second-order valence-corrected chi connectivity index (χ2v) is 3.09. The molecule has 0 atom stereocenters. The Morgan fingerprint density at radius 3 is 2.71 bits per heavy atom. The molecule has 3 N–H and O–H groups in total. The first-order chi connectivity index (χ1) is 6.88. The molecule has 0 aliphatic carbocycles. The highest BCUT2D eigenvalue weighted by Gasteiger charge is 1.99. The smallest absolute Gasteiger partial charge is 0.123 e. The molecule has 78 valence electrons. The number of benzene rings is 1. The van der Waals surface area contributed by atoms with Crippen LogP contribution in [0.4, 0.5) is 0 Å². The van der Waals surface area contributed by atoms with Crippen LogP contribution in [0.15, 0.2) is 24.3 Å². The highest BCUT2D eigenvalue weighted by molar-refractivity contribution is 5.32. The Hall–Kier alpha value is -1.06. The summed E-state index contributed by atoms with van der Waals surface area (Å²) in [4.78, 5) is 0. The summed E-state index contributed by atoms with van der Waals surface area (Å²) < 4.78 is 5.54.